The smallest absolute Gasteiger partial charge is 0.224 e. The second-order valence-electron chi connectivity index (χ2n) is 4.84. The van der Waals surface area contributed by atoms with Gasteiger partial charge in [0.25, 0.3) is 0 Å². The van der Waals surface area contributed by atoms with Crippen molar-refractivity contribution in [3.05, 3.63) is 39.4 Å². The zero-order chi connectivity index (χ0) is 15.6. The van der Waals surface area contributed by atoms with Crippen LogP contribution in [0.25, 0.3) is 5.57 Å². The van der Waals surface area contributed by atoms with Gasteiger partial charge in [-0.2, -0.15) is 0 Å². The molecule has 3 heteroatoms. The number of carbonyl (C=O) groups excluding carboxylic acids is 1. The van der Waals surface area contributed by atoms with E-state index in [1.165, 1.54) is 0 Å². The Morgan fingerprint density at radius 1 is 1.61 bits per heavy atom. The van der Waals surface area contributed by atoms with Gasteiger partial charge in [0.1, 0.15) is 0 Å². The molecule has 0 aliphatic heterocycles. The van der Waals surface area contributed by atoms with Crippen LogP contribution in [0, 0.1) is 12.8 Å². The van der Waals surface area contributed by atoms with Crippen LogP contribution in [-0.2, 0) is 11.2 Å². The molecule has 1 unspecified atom stereocenters. The van der Waals surface area contributed by atoms with Crippen molar-refractivity contribution in [2.45, 2.75) is 32.6 Å². The quantitative estimate of drug-likeness (QED) is 0.831. The Balaban J connectivity index is 2.21. The molecular formula is C15H16ClNO. The number of halogens is 1. The van der Waals surface area contributed by atoms with Gasteiger partial charge in [-0.15, -0.1) is 0 Å². The number of carbonyl (C=O) groups is 1. The predicted octanol–water partition coefficient (Wildman–Crippen LogP) is 3.24. The van der Waals surface area contributed by atoms with Crippen molar-refractivity contribution >= 4 is 23.1 Å². The minimum atomic E-state index is -1.67. The van der Waals surface area contributed by atoms with Gasteiger partial charge in [0.05, 0.1) is 5.89 Å². The molecule has 3 rings (SSSR count). The van der Waals surface area contributed by atoms with Gasteiger partial charge in [0.2, 0.25) is 5.91 Å². The summed E-state index contributed by atoms with van der Waals surface area (Å²) in [5, 5.41) is 0.614. The first-order valence-corrected chi connectivity index (χ1v) is 6.34. The molecule has 2 N–H and O–H groups in total. The molecule has 0 spiro atoms. The van der Waals surface area contributed by atoms with Crippen molar-refractivity contribution in [2.75, 3.05) is 0 Å². The highest BCUT2D eigenvalue weighted by atomic mass is 35.5. The number of aryl methyl sites for hydroxylation is 1. The van der Waals surface area contributed by atoms with Crippen LogP contribution in [0.1, 0.15) is 40.0 Å². The van der Waals surface area contributed by atoms with Crippen LogP contribution in [0.5, 0.6) is 0 Å². The van der Waals surface area contributed by atoms with Crippen molar-refractivity contribution in [1.29, 1.82) is 0 Å². The molecule has 18 heavy (non-hydrogen) atoms. The first kappa shape index (κ1) is 8.76. The Morgan fingerprint density at radius 3 is 3.11 bits per heavy atom. The summed E-state index contributed by atoms with van der Waals surface area (Å²) in [6, 6.07) is 3.77. The number of hydrogen-bond acceptors (Lipinski definition) is 1. The van der Waals surface area contributed by atoms with Crippen molar-refractivity contribution in [3.63, 3.8) is 0 Å². The Bertz CT molecular complexity index is 698. The minimum Gasteiger partial charge on any atom is -0.369 e. The first-order valence-electron chi connectivity index (χ1n) is 7.46. The molecule has 94 valence electrons. The predicted molar refractivity (Wildman–Crippen MR) is 73.3 cm³/mol. The van der Waals surface area contributed by atoms with Gasteiger partial charge in [-0.1, -0.05) is 17.7 Å². The zero-order valence-electron chi connectivity index (χ0n) is 13.1. The van der Waals surface area contributed by atoms with Crippen molar-refractivity contribution in [2.24, 2.45) is 11.6 Å². The van der Waals surface area contributed by atoms with E-state index in [0.29, 0.717) is 17.0 Å². The number of allylic oxidation sites excluding steroid dienone is 1. The largest absolute Gasteiger partial charge is 0.369 e. The summed E-state index contributed by atoms with van der Waals surface area (Å²) >= 11 is 6.17. The molecular weight excluding hydrogens is 246 g/mol. The van der Waals surface area contributed by atoms with Crippen LogP contribution in [0.3, 0.4) is 0 Å². The van der Waals surface area contributed by atoms with E-state index < -0.39 is 18.2 Å². The third-order valence-corrected chi connectivity index (χ3v) is 4.11. The summed E-state index contributed by atoms with van der Waals surface area (Å²) in [6.07, 6.45) is -1.13. The summed E-state index contributed by atoms with van der Waals surface area (Å²) in [4.78, 5) is 11.8. The molecule has 0 aromatic heterocycles. The van der Waals surface area contributed by atoms with E-state index in [1.54, 1.807) is 0 Å². The minimum absolute atomic E-state index is 0.186. The molecule has 2 aliphatic carbocycles. The first-order chi connectivity index (χ1) is 9.64. The lowest BCUT2D eigenvalue weighted by Gasteiger charge is -2.22. The fourth-order valence-corrected chi connectivity index (χ4v) is 2.94. The van der Waals surface area contributed by atoms with Crippen molar-refractivity contribution in [1.82, 2.24) is 0 Å². The van der Waals surface area contributed by atoms with Crippen LogP contribution in [0.4, 0.5) is 0 Å². The Labute approximate surface area is 116 Å². The molecule has 0 fully saturated rings. The maximum Gasteiger partial charge on any atom is 0.224 e. The highest BCUT2D eigenvalue weighted by Gasteiger charge is 2.33. The number of primary amides is 1. The molecule has 1 amide bonds. The Morgan fingerprint density at radius 2 is 2.39 bits per heavy atom. The molecule has 1 aromatic rings. The molecule has 1 aromatic carbocycles. The lowest BCUT2D eigenvalue weighted by atomic mass is 9.82. The fraction of sp³-hybridized carbons (Fsp3) is 0.400. The topological polar surface area (TPSA) is 43.1 Å². The van der Waals surface area contributed by atoms with Gasteiger partial charge >= 0.3 is 0 Å². The van der Waals surface area contributed by atoms with Gasteiger partial charge in [-0.25, -0.2) is 0 Å². The van der Waals surface area contributed by atoms with E-state index in [0.717, 1.165) is 22.3 Å². The van der Waals surface area contributed by atoms with E-state index in [4.69, 9.17) is 21.4 Å². The molecule has 2 aliphatic rings. The monoisotopic (exact) mass is 264 g/mol. The second kappa shape index (κ2) is 4.13. The summed E-state index contributed by atoms with van der Waals surface area (Å²) in [5.41, 5.74) is 9.59. The van der Waals surface area contributed by atoms with Gasteiger partial charge in [0, 0.05) is 9.13 Å². The highest BCUT2D eigenvalue weighted by Crippen LogP contribution is 2.45. The molecule has 0 saturated heterocycles. The number of fused-ring (bicyclic) bond motifs is 2. The normalized spacial score (nSPS) is 31.1. The van der Waals surface area contributed by atoms with E-state index in [2.05, 4.69) is 0 Å². The average molecular weight is 265 g/mol. The maximum atomic E-state index is 11.8. The van der Waals surface area contributed by atoms with Gasteiger partial charge < -0.3 is 5.73 Å². The zero-order valence-corrected chi connectivity index (χ0v) is 10.9. The number of amides is 1. The molecule has 1 atom stereocenters. The maximum absolute atomic E-state index is 11.8. The number of rotatable bonds is 1. The number of hydrogen-bond donors (Lipinski definition) is 1. The van der Waals surface area contributed by atoms with Crippen LogP contribution >= 0.6 is 11.6 Å². The third-order valence-electron chi connectivity index (χ3n) is 3.71. The Kier molecular flexibility index (Phi) is 2.01. The van der Waals surface area contributed by atoms with E-state index in [1.807, 2.05) is 19.1 Å². The molecule has 0 radical (unpaired) electrons. The molecule has 0 saturated carbocycles. The summed E-state index contributed by atoms with van der Waals surface area (Å²) in [5.74, 6) is -2.45. The van der Waals surface area contributed by atoms with Crippen molar-refractivity contribution in [3.8, 4) is 0 Å². The number of benzene rings is 1. The van der Waals surface area contributed by atoms with Crippen LogP contribution in [0.2, 0.25) is 5.02 Å². The third kappa shape index (κ3) is 1.67. The van der Waals surface area contributed by atoms with E-state index in [9.17, 15) is 4.79 Å². The van der Waals surface area contributed by atoms with Crippen molar-refractivity contribution < 1.29 is 8.91 Å². The van der Waals surface area contributed by atoms with Gasteiger partial charge in [-0.3, -0.25) is 4.79 Å². The molecule has 0 heterocycles. The lowest BCUT2D eigenvalue weighted by Crippen LogP contribution is -2.27. The van der Waals surface area contributed by atoms with E-state index in [-0.39, 0.29) is 12.8 Å². The van der Waals surface area contributed by atoms with E-state index >= 15 is 0 Å². The van der Waals surface area contributed by atoms with Gasteiger partial charge in [0.15, 0.2) is 0 Å². The van der Waals surface area contributed by atoms with Crippen LogP contribution in [-0.4, -0.2) is 5.91 Å². The fourth-order valence-electron chi connectivity index (χ4n) is 2.77. The summed E-state index contributed by atoms with van der Waals surface area (Å²) in [6.45, 7) is 1.90. The number of nitrogens with two attached hydrogens (primary N) is 1. The van der Waals surface area contributed by atoms with Crippen LogP contribution < -0.4 is 5.73 Å². The van der Waals surface area contributed by atoms with Gasteiger partial charge in [-0.05, 0) is 66.5 Å². The molecule has 0 bridgehead atoms. The second-order valence-corrected chi connectivity index (χ2v) is 5.25. The highest BCUT2D eigenvalue weighted by molar-refractivity contribution is 6.31. The Hall–Kier alpha value is -1.28. The molecule has 2 nitrogen and oxygen atoms in total. The lowest BCUT2D eigenvalue weighted by molar-refractivity contribution is -0.121. The standard InChI is InChI=1S/C15H16ClNO/c1-8-5-9-6-13-10(12(9)7-14(8)16)3-2-4-11(13)15(17)18/h5,7,11H,2-4,6H2,1H3,(H2,17,18)/i2D2,11D. The summed E-state index contributed by atoms with van der Waals surface area (Å²) < 4.78 is 24.5. The SMILES string of the molecule is [2H]C1([2H])CC2=C(Cc3cc(C)c(Cl)cc32)C([2H])(C(N)=O)C1. The van der Waals surface area contributed by atoms with Crippen LogP contribution in [0.15, 0.2) is 17.7 Å². The summed E-state index contributed by atoms with van der Waals surface area (Å²) in [7, 11) is 0. The average Bonchev–Trinajstić information content (AvgIpc) is 2.67.